The molecule has 1 aromatic heterocycles. The second-order valence-electron chi connectivity index (χ2n) is 9.10. The van der Waals surface area contributed by atoms with E-state index in [2.05, 4.69) is 13.8 Å². The molecule has 1 aliphatic heterocycles. The maximum absolute atomic E-state index is 13.5. The minimum Gasteiger partial charge on any atom is -0.385 e. The molecule has 1 fully saturated rings. The van der Waals surface area contributed by atoms with Gasteiger partial charge in [-0.15, -0.1) is 0 Å². The Morgan fingerprint density at radius 1 is 1.06 bits per heavy atom. The van der Waals surface area contributed by atoms with E-state index in [0.29, 0.717) is 59.8 Å². The first-order valence-corrected chi connectivity index (χ1v) is 11.6. The number of carbonyl (C=O) groups is 1. The van der Waals surface area contributed by atoms with Crippen LogP contribution in [0.3, 0.4) is 0 Å². The summed E-state index contributed by atoms with van der Waals surface area (Å²) in [5.41, 5.74) is 0.329. The van der Waals surface area contributed by atoms with Gasteiger partial charge in [0.1, 0.15) is 0 Å². The summed E-state index contributed by atoms with van der Waals surface area (Å²) in [6.45, 7) is 5.70. The van der Waals surface area contributed by atoms with Crippen LogP contribution < -0.4 is 5.56 Å². The minimum absolute atomic E-state index is 0.0615. The van der Waals surface area contributed by atoms with Crippen LogP contribution in [0.2, 0.25) is 5.02 Å². The molecule has 1 aliphatic rings. The predicted molar refractivity (Wildman–Crippen MR) is 128 cm³/mol. The van der Waals surface area contributed by atoms with Crippen LogP contribution in [0.1, 0.15) is 49.0 Å². The number of rotatable bonds is 5. The van der Waals surface area contributed by atoms with Crippen molar-refractivity contribution in [3.8, 4) is 0 Å². The highest BCUT2D eigenvalue weighted by Crippen LogP contribution is 2.34. The summed E-state index contributed by atoms with van der Waals surface area (Å²) in [5, 5.41) is 13.0. The Kier molecular flexibility index (Phi) is 6.40. The van der Waals surface area contributed by atoms with Gasteiger partial charge in [-0.25, -0.2) is 0 Å². The van der Waals surface area contributed by atoms with Gasteiger partial charge in [0.15, 0.2) is 0 Å². The standard InChI is InChI=1S/C26H29ClN2O3/c1-18(2)11-14-29-17-23(21-5-3-4-6-22(21)24(29)30)25(31)28-15-12-26(32,13-16-28)19-7-9-20(27)10-8-19/h3-10,17-18,32H,11-16H2,1-2H3. The molecule has 0 unspecified atom stereocenters. The maximum Gasteiger partial charge on any atom is 0.258 e. The summed E-state index contributed by atoms with van der Waals surface area (Å²) < 4.78 is 1.67. The largest absolute Gasteiger partial charge is 0.385 e. The van der Waals surface area contributed by atoms with E-state index in [-0.39, 0.29) is 11.5 Å². The van der Waals surface area contributed by atoms with E-state index in [0.717, 1.165) is 12.0 Å². The predicted octanol–water partition coefficient (Wildman–Crippen LogP) is 4.82. The first-order valence-electron chi connectivity index (χ1n) is 11.2. The van der Waals surface area contributed by atoms with Crippen molar-refractivity contribution in [3.63, 3.8) is 0 Å². The third-order valence-corrected chi connectivity index (χ3v) is 6.68. The SMILES string of the molecule is CC(C)CCn1cc(C(=O)N2CCC(O)(c3ccc(Cl)cc3)CC2)c2ccccc2c1=O. The number of nitrogens with zero attached hydrogens (tertiary/aromatic N) is 2. The molecule has 2 heterocycles. The van der Waals surface area contributed by atoms with Crippen LogP contribution >= 0.6 is 11.6 Å². The number of amides is 1. The van der Waals surface area contributed by atoms with Crippen LogP contribution in [0.4, 0.5) is 0 Å². The number of likely N-dealkylation sites (tertiary alicyclic amines) is 1. The lowest BCUT2D eigenvalue weighted by Crippen LogP contribution is -2.45. The molecule has 32 heavy (non-hydrogen) atoms. The number of piperidine rings is 1. The summed E-state index contributed by atoms with van der Waals surface area (Å²) >= 11 is 5.98. The van der Waals surface area contributed by atoms with Crippen molar-refractivity contribution >= 4 is 28.3 Å². The molecule has 0 bridgehead atoms. The summed E-state index contributed by atoms with van der Waals surface area (Å²) in [6, 6.07) is 14.6. The Morgan fingerprint density at radius 2 is 1.69 bits per heavy atom. The number of benzene rings is 2. The zero-order chi connectivity index (χ0) is 22.9. The van der Waals surface area contributed by atoms with E-state index >= 15 is 0 Å². The van der Waals surface area contributed by atoms with Crippen molar-refractivity contribution in [1.82, 2.24) is 9.47 Å². The third kappa shape index (κ3) is 4.45. The molecule has 168 valence electrons. The molecule has 0 saturated carbocycles. The Labute approximate surface area is 193 Å². The Balaban J connectivity index is 1.61. The number of pyridine rings is 1. The zero-order valence-corrected chi connectivity index (χ0v) is 19.3. The van der Waals surface area contributed by atoms with Gasteiger partial charge in [0.2, 0.25) is 0 Å². The molecule has 4 rings (SSSR count). The highest BCUT2D eigenvalue weighted by molar-refractivity contribution is 6.30. The maximum atomic E-state index is 13.5. The molecule has 0 radical (unpaired) electrons. The second-order valence-corrected chi connectivity index (χ2v) is 9.54. The molecule has 1 amide bonds. The molecular formula is C26H29ClN2O3. The molecule has 1 N–H and O–H groups in total. The van der Waals surface area contributed by atoms with Crippen LogP contribution in [0.5, 0.6) is 0 Å². The molecule has 6 heteroatoms. The highest BCUT2D eigenvalue weighted by Gasteiger charge is 2.36. The van der Waals surface area contributed by atoms with Gasteiger partial charge in [-0.2, -0.15) is 0 Å². The topological polar surface area (TPSA) is 62.5 Å². The second kappa shape index (κ2) is 9.08. The van der Waals surface area contributed by atoms with Crippen molar-refractivity contribution in [2.75, 3.05) is 13.1 Å². The third-order valence-electron chi connectivity index (χ3n) is 6.43. The van der Waals surface area contributed by atoms with E-state index < -0.39 is 5.60 Å². The fourth-order valence-corrected chi connectivity index (χ4v) is 4.50. The number of hydrogen-bond acceptors (Lipinski definition) is 3. The molecule has 0 aliphatic carbocycles. The first kappa shape index (κ1) is 22.6. The lowest BCUT2D eigenvalue weighted by Gasteiger charge is -2.38. The fraction of sp³-hybridized carbons (Fsp3) is 0.385. The van der Waals surface area contributed by atoms with E-state index in [1.54, 1.807) is 33.9 Å². The number of carbonyl (C=O) groups excluding carboxylic acids is 1. The molecule has 2 aromatic carbocycles. The van der Waals surface area contributed by atoms with Crippen LogP contribution in [-0.4, -0.2) is 33.6 Å². The summed E-state index contributed by atoms with van der Waals surface area (Å²) in [6.07, 6.45) is 3.48. The smallest absolute Gasteiger partial charge is 0.258 e. The van der Waals surface area contributed by atoms with Crippen LogP contribution in [-0.2, 0) is 12.1 Å². The molecule has 3 aromatic rings. The van der Waals surface area contributed by atoms with Gasteiger partial charge in [0.05, 0.1) is 11.2 Å². The number of aryl methyl sites for hydroxylation is 1. The molecule has 0 atom stereocenters. The average Bonchev–Trinajstić information content (AvgIpc) is 2.79. The first-order chi connectivity index (χ1) is 15.3. The van der Waals surface area contributed by atoms with Crippen LogP contribution in [0.25, 0.3) is 10.8 Å². The number of aromatic nitrogens is 1. The van der Waals surface area contributed by atoms with E-state index in [9.17, 15) is 14.7 Å². The van der Waals surface area contributed by atoms with E-state index in [4.69, 9.17) is 11.6 Å². The van der Waals surface area contributed by atoms with Gasteiger partial charge in [-0.1, -0.05) is 55.8 Å². The monoisotopic (exact) mass is 452 g/mol. The Bertz CT molecular complexity index is 1180. The number of fused-ring (bicyclic) bond motifs is 1. The lowest BCUT2D eigenvalue weighted by molar-refractivity contribution is -0.0211. The van der Waals surface area contributed by atoms with Gasteiger partial charge >= 0.3 is 0 Å². The normalized spacial score (nSPS) is 16.0. The quantitative estimate of drug-likeness (QED) is 0.603. The molecule has 5 nitrogen and oxygen atoms in total. The highest BCUT2D eigenvalue weighted by atomic mass is 35.5. The van der Waals surface area contributed by atoms with Crippen molar-refractivity contribution in [2.45, 2.75) is 45.3 Å². The van der Waals surface area contributed by atoms with E-state index in [1.807, 2.05) is 30.3 Å². The molecular weight excluding hydrogens is 424 g/mol. The van der Waals surface area contributed by atoms with Gasteiger partial charge in [-0.05, 0) is 48.9 Å². The van der Waals surface area contributed by atoms with Gasteiger partial charge in [-0.3, -0.25) is 9.59 Å². The van der Waals surface area contributed by atoms with Crippen molar-refractivity contribution in [2.24, 2.45) is 5.92 Å². The summed E-state index contributed by atoms with van der Waals surface area (Å²) in [4.78, 5) is 28.3. The Morgan fingerprint density at radius 3 is 2.31 bits per heavy atom. The van der Waals surface area contributed by atoms with Gasteiger partial charge < -0.3 is 14.6 Å². The van der Waals surface area contributed by atoms with Gasteiger partial charge in [0, 0.05) is 41.6 Å². The van der Waals surface area contributed by atoms with Gasteiger partial charge in [0.25, 0.3) is 11.5 Å². The van der Waals surface area contributed by atoms with Crippen molar-refractivity contribution in [3.05, 3.63) is 81.2 Å². The number of aliphatic hydroxyl groups is 1. The van der Waals surface area contributed by atoms with Crippen molar-refractivity contribution < 1.29 is 9.90 Å². The minimum atomic E-state index is -0.973. The summed E-state index contributed by atoms with van der Waals surface area (Å²) in [5.74, 6) is 0.359. The zero-order valence-electron chi connectivity index (χ0n) is 18.6. The van der Waals surface area contributed by atoms with E-state index in [1.165, 1.54) is 0 Å². The molecule has 1 saturated heterocycles. The summed E-state index contributed by atoms with van der Waals surface area (Å²) in [7, 11) is 0. The number of hydrogen-bond donors (Lipinski definition) is 1. The average molecular weight is 453 g/mol. The van der Waals surface area contributed by atoms with Crippen molar-refractivity contribution in [1.29, 1.82) is 0 Å². The lowest BCUT2D eigenvalue weighted by atomic mass is 9.84. The van der Waals surface area contributed by atoms with Crippen LogP contribution in [0.15, 0.2) is 59.5 Å². The Hall–Kier alpha value is -2.63. The molecule has 0 spiro atoms. The number of halogens is 1. The fourth-order valence-electron chi connectivity index (χ4n) is 4.38. The van der Waals surface area contributed by atoms with Crippen LogP contribution in [0, 0.1) is 5.92 Å².